The average molecular weight is 276 g/mol. The van der Waals surface area contributed by atoms with Crippen LogP contribution in [0.1, 0.15) is 22.8 Å². The summed E-state index contributed by atoms with van der Waals surface area (Å²) in [6.45, 7) is 1.43. The molecule has 0 atom stereocenters. The third kappa shape index (κ3) is 4.10. The molecule has 0 aliphatic rings. The minimum Gasteiger partial charge on any atom is -0.465 e. The van der Waals surface area contributed by atoms with Gasteiger partial charge in [-0.05, 0) is 12.1 Å². The van der Waals surface area contributed by atoms with Gasteiger partial charge in [-0.15, -0.1) is 0 Å². The fourth-order valence-electron chi connectivity index (χ4n) is 1.34. The summed E-state index contributed by atoms with van der Waals surface area (Å²) < 4.78 is 4.49. The molecule has 1 rings (SSSR count). The first-order valence-corrected chi connectivity index (χ1v) is 5.55. The lowest BCUT2D eigenvalue weighted by Crippen LogP contribution is -2.19. The molecule has 104 valence electrons. The first-order valence-electron chi connectivity index (χ1n) is 5.55. The summed E-state index contributed by atoms with van der Waals surface area (Å²) in [6.07, 6.45) is 0. The van der Waals surface area contributed by atoms with E-state index in [9.17, 15) is 19.7 Å². The highest BCUT2D eigenvalue weighted by molar-refractivity contribution is 5.90. The molecule has 20 heavy (non-hydrogen) atoms. The van der Waals surface area contributed by atoms with Crippen molar-refractivity contribution in [3.05, 3.63) is 39.4 Å². The van der Waals surface area contributed by atoms with E-state index in [0.29, 0.717) is 0 Å². The van der Waals surface area contributed by atoms with Gasteiger partial charge >= 0.3 is 5.97 Å². The van der Waals surface area contributed by atoms with Gasteiger partial charge in [0.2, 0.25) is 5.91 Å². The number of methoxy groups -OCH3 is 1. The molecule has 0 aliphatic carbocycles. The predicted octanol–water partition coefficient (Wildman–Crippen LogP) is 0.869. The van der Waals surface area contributed by atoms with Crippen LogP contribution >= 0.6 is 0 Å². The van der Waals surface area contributed by atoms with Gasteiger partial charge in [0.15, 0.2) is 0 Å². The molecule has 1 aromatic carbocycles. The number of rotatable bonds is 3. The van der Waals surface area contributed by atoms with E-state index in [1.165, 1.54) is 26.2 Å². The summed E-state index contributed by atoms with van der Waals surface area (Å²) in [5.41, 5.74) is -0.0529. The molecule has 0 aliphatic heterocycles. The Morgan fingerprint density at radius 2 is 2.15 bits per heavy atom. The number of carbonyl (C=O) groups excluding carboxylic acids is 2. The van der Waals surface area contributed by atoms with E-state index in [4.69, 9.17) is 0 Å². The number of hydrogen-bond donors (Lipinski definition) is 1. The van der Waals surface area contributed by atoms with E-state index in [1.807, 2.05) is 0 Å². The molecule has 0 spiro atoms. The molecule has 7 nitrogen and oxygen atoms in total. The topological polar surface area (TPSA) is 98.5 Å². The molecule has 1 N–H and O–H groups in total. The van der Waals surface area contributed by atoms with Crippen molar-refractivity contribution in [1.29, 1.82) is 0 Å². The van der Waals surface area contributed by atoms with Crippen LogP contribution in [0.5, 0.6) is 0 Å². The minimum absolute atomic E-state index is 0.0756. The van der Waals surface area contributed by atoms with Gasteiger partial charge < -0.3 is 10.1 Å². The van der Waals surface area contributed by atoms with E-state index < -0.39 is 10.9 Å². The molecule has 0 saturated heterocycles. The van der Waals surface area contributed by atoms with Crippen molar-refractivity contribution in [2.45, 2.75) is 6.92 Å². The Hall–Kier alpha value is -2.88. The van der Waals surface area contributed by atoms with Crippen LogP contribution in [-0.2, 0) is 9.53 Å². The molecular formula is C13H12N2O5. The summed E-state index contributed by atoms with van der Waals surface area (Å²) in [6, 6.07) is 3.86. The van der Waals surface area contributed by atoms with Gasteiger partial charge in [-0.25, -0.2) is 4.79 Å². The lowest BCUT2D eigenvalue weighted by atomic mass is 10.1. The summed E-state index contributed by atoms with van der Waals surface area (Å²) in [7, 11) is 1.19. The fourth-order valence-corrected chi connectivity index (χ4v) is 1.34. The Morgan fingerprint density at radius 1 is 1.45 bits per heavy atom. The van der Waals surface area contributed by atoms with Crippen LogP contribution in [0.4, 0.5) is 5.69 Å². The number of hydrogen-bond acceptors (Lipinski definition) is 5. The molecule has 0 bridgehead atoms. The number of ether oxygens (including phenoxy) is 1. The van der Waals surface area contributed by atoms with Gasteiger partial charge in [-0.1, -0.05) is 11.8 Å². The summed E-state index contributed by atoms with van der Waals surface area (Å²) in [5.74, 6) is 4.26. The number of esters is 1. The van der Waals surface area contributed by atoms with E-state index in [0.717, 1.165) is 6.07 Å². The highest BCUT2D eigenvalue weighted by Gasteiger charge is 2.16. The second-order valence-corrected chi connectivity index (χ2v) is 3.69. The average Bonchev–Trinajstić information content (AvgIpc) is 2.42. The molecule has 0 fully saturated rings. The van der Waals surface area contributed by atoms with Gasteiger partial charge in [0.1, 0.15) is 5.56 Å². The van der Waals surface area contributed by atoms with Gasteiger partial charge in [0, 0.05) is 13.0 Å². The molecule has 0 heterocycles. The van der Waals surface area contributed by atoms with Gasteiger partial charge in [-0.2, -0.15) is 0 Å². The fraction of sp³-hybridized carbons (Fsp3) is 0.231. The maximum Gasteiger partial charge on any atom is 0.338 e. The van der Waals surface area contributed by atoms with E-state index in [-0.39, 0.29) is 29.3 Å². The van der Waals surface area contributed by atoms with E-state index >= 15 is 0 Å². The summed E-state index contributed by atoms with van der Waals surface area (Å²) >= 11 is 0. The van der Waals surface area contributed by atoms with Crippen LogP contribution in [0, 0.1) is 22.0 Å². The number of nitro groups is 1. The lowest BCUT2D eigenvalue weighted by molar-refractivity contribution is -0.385. The van der Waals surface area contributed by atoms with Crippen molar-refractivity contribution in [3.63, 3.8) is 0 Å². The summed E-state index contributed by atoms with van der Waals surface area (Å²) in [5, 5.41) is 13.4. The molecule has 0 unspecified atom stereocenters. The predicted molar refractivity (Wildman–Crippen MR) is 70.0 cm³/mol. The Morgan fingerprint density at radius 3 is 2.70 bits per heavy atom. The number of amides is 1. The Labute approximate surface area is 115 Å². The Bertz CT molecular complexity index is 613. The molecule has 0 radical (unpaired) electrons. The number of benzene rings is 1. The first kappa shape index (κ1) is 15.2. The Balaban J connectivity index is 3.04. The molecule has 1 amide bonds. The van der Waals surface area contributed by atoms with Gasteiger partial charge in [-0.3, -0.25) is 14.9 Å². The van der Waals surface area contributed by atoms with Crippen LogP contribution in [0.3, 0.4) is 0 Å². The molecular weight excluding hydrogens is 264 g/mol. The third-order valence-corrected chi connectivity index (χ3v) is 2.26. The van der Waals surface area contributed by atoms with Crippen LogP contribution < -0.4 is 5.32 Å². The number of nitro benzene ring substituents is 1. The standard InChI is InChI=1S/C13H12N2O5/c1-9(16)14-7-3-4-10-5-6-11(13(17)20-2)8-12(10)15(18)19/h5-6,8H,7H2,1-2H3,(H,14,16). The number of nitrogens with zero attached hydrogens (tertiary/aromatic N) is 1. The molecule has 1 aromatic rings. The minimum atomic E-state index is -0.661. The van der Waals surface area contributed by atoms with Crippen LogP contribution in [0.25, 0.3) is 0 Å². The van der Waals surface area contributed by atoms with Crippen LogP contribution in [0.2, 0.25) is 0 Å². The van der Waals surface area contributed by atoms with Crippen molar-refractivity contribution in [2.24, 2.45) is 0 Å². The first-order chi connectivity index (χ1) is 9.45. The zero-order chi connectivity index (χ0) is 15.1. The largest absolute Gasteiger partial charge is 0.465 e. The zero-order valence-electron chi connectivity index (χ0n) is 10.9. The quantitative estimate of drug-likeness (QED) is 0.382. The van der Waals surface area contributed by atoms with Gasteiger partial charge in [0.25, 0.3) is 5.69 Å². The number of nitrogens with one attached hydrogen (secondary N) is 1. The second kappa shape index (κ2) is 6.89. The summed E-state index contributed by atoms with van der Waals surface area (Å²) in [4.78, 5) is 32.3. The third-order valence-electron chi connectivity index (χ3n) is 2.26. The van der Waals surface area contributed by atoms with Crippen molar-refractivity contribution in [2.75, 3.05) is 13.7 Å². The molecule has 0 aromatic heterocycles. The SMILES string of the molecule is COC(=O)c1ccc(C#CCNC(C)=O)c([N+](=O)[O-])c1. The normalized spacial score (nSPS) is 9.10. The number of carbonyl (C=O) groups is 2. The smallest absolute Gasteiger partial charge is 0.338 e. The molecule has 0 saturated carbocycles. The van der Waals surface area contributed by atoms with Crippen molar-refractivity contribution < 1.29 is 19.2 Å². The van der Waals surface area contributed by atoms with Gasteiger partial charge in [0.05, 0.1) is 24.1 Å². The van der Waals surface area contributed by atoms with E-state index in [1.54, 1.807) is 0 Å². The van der Waals surface area contributed by atoms with Crippen LogP contribution in [0.15, 0.2) is 18.2 Å². The maximum absolute atomic E-state index is 11.3. The van der Waals surface area contributed by atoms with Crippen molar-refractivity contribution in [3.8, 4) is 11.8 Å². The Kier molecular flexibility index (Phi) is 5.23. The highest BCUT2D eigenvalue weighted by Crippen LogP contribution is 2.19. The van der Waals surface area contributed by atoms with Crippen molar-refractivity contribution >= 4 is 17.6 Å². The molecule has 7 heteroatoms. The second-order valence-electron chi connectivity index (χ2n) is 3.69. The van der Waals surface area contributed by atoms with Crippen molar-refractivity contribution in [1.82, 2.24) is 5.32 Å². The van der Waals surface area contributed by atoms with E-state index in [2.05, 4.69) is 21.9 Å². The lowest BCUT2D eigenvalue weighted by Gasteiger charge is -2.00. The maximum atomic E-state index is 11.3. The monoisotopic (exact) mass is 276 g/mol. The van der Waals surface area contributed by atoms with Crippen LogP contribution in [-0.4, -0.2) is 30.5 Å². The zero-order valence-corrected chi connectivity index (χ0v) is 10.9. The highest BCUT2D eigenvalue weighted by atomic mass is 16.6.